The van der Waals surface area contributed by atoms with E-state index < -0.39 is 0 Å². The summed E-state index contributed by atoms with van der Waals surface area (Å²) < 4.78 is 5.38. The lowest BCUT2D eigenvalue weighted by Crippen LogP contribution is -2.15. The van der Waals surface area contributed by atoms with E-state index in [1.54, 1.807) is 6.92 Å². The van der Waals surface area contributed by atoms with Crippen molar-refractivity contribution in [2.24, 2.45) is 0 Å². The van der Waals surface area contributed by atoms with Crippen LogP contribution in [-0.2, 0) is 12.8 Å². The van der Waals surface area contributed by atoms with Gasteiger partial charge in [0, 0.05) is 12.5 Å². The predicted octanol–water partition coefficient (Wildman–Crippen LogP) is 1.80. The van der Waals surface area contributed by atoms with Crippen LogP contribution in [0.1, 0.15) is 41.6 Å². The predicted molar refractivity (Wildman–Crippen MR) is 70.2 cm³/mol. The molecular weight excluding hydrogens is 264 g/mol. The monoisotopic (exact) mass is 278 g/mol. The maximum atomic E-state index is 11.9. The highest BCUT2D eigenvalue weighted by Gasteiger charge is 2.20. The van der Waals surface area contributed by atoms with E-state index in [1.807, 2.05) is 6.92 Å². The quantitative estimate of drug-likeness (QED) is 0.680. The number of H-pyrrole nitrogens is 1. The molecule has 1 aliphatic rings. The van der Waals surface area contributed by atoms with Crippen molar-refractivity contribution < 1.29 is 4.42 Å². The van der Waals surface area contributed by atoms with Gasteiger partial charge in [-0.25, -0.2) is 4.98 Å². The average molecular weight is 278 g/mol. The number of aromatic amines is 1. The minimum absolute atomic E-state index is 0.0149. The third-order valence-corrected chi connectivity index (χ3v) is 4.07. The van der Waals surface area contributed by atoms with Crippen molar-refractivity contribution in [3.63, 3.8) is 0 Å². The van der Waals surface area contributed by atoms with E-state index in [4.69, 9.17) is 4.42 Å². The second kappa shape index (κ2) is 4.80. The molecule has 2 heterocycles. The molecule has 100 valence electrons. The first-order chi connectivity index (χ1) is 9.13. The Hall–Kier alpha value is -1.63. The van der Waals surface area contributed by atoms with Crippen LogP contribution in [0, 0.1) is 6.92 Å². The van der Waals surface area contributed by atoms with Crippen molar-refractivity contribution in [3.05, 3.63) is 33.4 Å². The minimum Gasteiger partial charge on any atom is -0.424 e. The summed E-state index contributed by atoms with van der Waals surface area (Å²) in [4.78, 5) is 19.2. The molecular formula is C12H14N4O2S. The number of nitrogens with one attached hydrogen (secondary N) is 1. The van der Waals surface area contributed by atoms with Gasteiger partial charge in [-0.05, 0) is 26.2 Å². The van der Waals surface area contributed by atoms with Gasteiger partial charge in [0.15, 0.2) is 5.16 Å². The number of hydrogen-bond acceptors (Lipinski definition) is 6. The Kier molecular flexibility index (Phi) is 3.14. The fraction of sp³-hybridized carbons (Fsp3) is 0.500. The van der Waals surface area contributed by atoms with Gasteiger partial charge in [-0.1, -0.05) is 11.8 Å². The fourth-order valence-electron chi connectivity index (χ4n) is 2.17. The van der Waals surface area contributed by atoms with E-state index in [1.165, 1.54) is 11.8 Å². The fourth-order valence-corrected chi connectivity index (χ4v) is 3.01. The lowest BCUT2D eigenvalue weighted by molar-refractivity contribution is 0.470. The Balaban J connectivity index is 1.84. The summed E-state index contributed by atoms with van der Waals surface area (Å²) in [5.41, 5.74) is 1.75. The van der Waals surface area contributed by atoms with Gasteiger partial charge in [-0.2, -0.15) is 0 Å². The van der Waals surface area contributed by atoms with Crippen LogP contribution >= 0.6 is 11.8 Å². The lowest BCUT2D eigenvalue weighted by atomic mass is 10.3. The molecule has 0 aromatic carbocycles. The van der Waals surface area contributed by atoms with Gasteiger partial charge in [0.2, 0.25) is 11.8 Å². The molecule has 19 heavy (non-hydrogen) atoms. The van der Waals surface area contributed by atoms with Crippen LogP contribution in [0.3, 0.4) is 0 Å². The SMILES string of the molecule is Cc1nnc([C@@H](C)Sc2nc3c(c(=O)[nH]2)CCC3)o1. The Labute approximate surface area is 114 Å². The molecule has 7 heteroatoms. The van der Waals surface area contributed by atoms with Gasteiger partial charge in [-0.3, -0.25) is 4.79 Å². The molecule has 2 aromatic rings. The molecule has 0 unspecified atom stereocenters. The van der Waals surface area contributed by atoms with Gasteiger partial charge in [0.05, 0.1) is 10.9 Å². The number of rotatable bonds is 3. The van der Waals surface area contributed by atoms with E-state index in [-0.39, 0.29) is 10.8 Å². The summed E-state index contributed by atoms with van der Waals surface area (Å²) in [6.45, 7) is 3.70. The zero-order valence-electron chi connectivity index (χ0n) is 10.8. The van der Waals surface area contributed by atoms with E-state index in [0.29, 0.717) is 16.9 Å². The van der Waals surface area contributed by atoms with Gasteiger partial charge in [0.25, 0.3) is 5.56 Å². The van der Waals surface area contributed by atoms with Crippen molar-refractivity contribution in [2.45, 2.75) is 43.5 Å². The van der Waals surface area contributed by atoms with E-state index >= 15 is 0 Å². The van der Waals surface area contributed by atoms with Crippen molar-refractivity contribution in [3.8, 4) is 0 Å². The first-order valence-electron chi connectivity index (χ1n) is 6.22. The van der Waals surface area contributed by atoms with Crippen LogP contribution in [0.5, 0.6) is 0 Å². The highest BCUT2D eigenvalue weighted by atomic mass is 32.2. The largest absolute Gasteiger partial charge is 0.424 e. The number of nitrogens with zero attached hydrogens (tertiary/aromatic N) is 3. The standard InChI is InChI=1S/C12H14N4O2S/c1-6(11-16-15-7(2)18-11)19-12-13-9-5-3-4-8(9)10(17)14-12/h6H,3-5H2,1-2H3,(H,13,14,17)/t6-/m1/s1. The minimum atomic E-state index is -0.0381. The van der Waals surface area contributed by atoms with Crippen LogP contribution in [0.15, 0.2) is 14.4 Å². The third kappa shape index (κ3) is 2.42. The molecule has 0 radical (unpaired) electrons. The molecule has 6 nitrogen and oxygen atoms in total. The summed E-state index contributed by atoms with van der Waals surface area (Å²) in [6, 6.07) is 0. The van der Waals surface area contributed by atoms with Crippen LogP contribution < -0.4 is 5.56 Å². The van der Waals surface area contributed by atoms with Crippen LogP contribution in [0.25, 0.3) is 0 Å². The highest BCUT2D eigenvalue weighted by molar-refractivity contribution is 7.99. The van der Waals surface area contributed by atoms with Gasteiger partial charge in [0.1, 0.15) is 0 Å². The number of aryl methyl sites for hydroxylation is 2. The van der Waals surface area contributed by atoms with Crippen molar-refractivity contribution in [2.75, 3.05) is 0 Å². The number of hydrogen-bond donors (Lipinski definition) is 1. The summed E-state index contributed by atoms with van der Waals surface area (Å²) in [7, 11) is 0. The van der Waals surface area contributed by atoms with E-state index in [2.05, 4.69) is 20.2 Å². The maximum Gasteiger partial charge on any atom is 0.254 e. The first-order valence-corrected chi connectivity index (χ1v) is 7.10. The smallest absolute Gasteiger partial charge is 0.254 e. The Morgan fingerprint density at radius 1 is 1.37 bits per heavy atom. The molecule has 0 fully saturated rings. The summed E-state index contributed by atoms with van der Waals surface area (Å²) in [6.07, 6.45) is 2.74. The second-order valence-corrected chi connectivity index (χ2v) is 5.90. The van der Waals surface area contributed by atoms with Gasteiger partial charge >= 0.3 is 0 Å². The van der Waals surface area contributed by atoms with Gasteiger partial charge < -0.3 is 9.40 Å². The second-order valence-electron chi connectivity index (χ2n) is 4.57. The Morgan fingerprint density at radius 2 is 2.21 bits per heavy atom. The number of fused-ring (bicyclic) bond motifs is 1. The molecule has 3 rings (SSSR count). The van der Waals surface area contributed by atoms with Crippen molar-refractivity contribution in [1.82, 2.24) is 20.2 Å². The summed E-state index contributed by atoms with van der Waals surface area (Å²) >= 11 is 1.43. The van der Waals surface area contributed by atoms with Gasteiger partial charge in [-0.15, -0.1) is 10.2 Å². The molecule has 0 aliphatic heterocycles. The molecule has 1 N–H and O–H groups in total. The van der Waals surface area contributed by atoms with Crippen LogP contribution in [-0.4, -0.2) is 20.2 Å². The summed E-state index contributed by atoms with van der Waals surface area (Å²) in [5.74, 6) is 1.09. The molecule has 0 bridgehead atoms. The highest BCUT2D eigenvalue weighted by Crippen LogP contribution is 2.32. The molecule has 1 aliphatic carbocycles. The molecule has 0 spiro atoms. The molecule has 2 aromatic heterocycles. The van der Waals surface area contributed by atoms with E-state index in [9.17, 15) is 4.79 Å². The van der Waals surface area contributed by atoms with Crippen molar-refractivity contribution in [1.29, 1.82) is 0 Å². The van der Waals surface area contributed by atoms with Crippen LogP contribution in [0.4, 0.5) is 0 Å². The lowest BCUT2D eigenvalue weighted by Gasteiger charge is -2.07. The summed E-state index contributed by atoms with van der Waals surface area (Å²) in [5, 5.41) is 8.36. The Bertz CT molecular complexity index is 664. The average Bonchev–Trinajstić information content (AvgIpc) is 2.97. The van der Waals surface area contributed by atoms with Crippen molar-refractivity contribution >= 4 is 11.8 Å². The molecule has 0 saturated heterocycles. The Morgan fingerprint density at radius 3 is 2.95 bits per heavy atom. The molecule has 0 saturated carbocycles. The van der Waals surface area contributed by atoms with Crippen LogP contribution in [0.2, 0.25) is 0 Å². The topological polar surface area (TPSA) is 84.7 Å². The first kappa shape index (κ1) is 12.4. The zero-order chi connectivity index (χ0) is 13.4. The normalized spacial score (nSPS) is 15.5. The third-order valence-electron chi connectivity index (χ3n) is 3.10. The molecule has 1 atom stereocenters. The van der Waals surface area contributed by atoms with E-state index in [0.717, 1.165) is 30.5 Å². The zero-order valence-corrected chi connectivity index (χ0v) is 11.6. The number of aromatic nitrogens is 4. The maximum absolute atomic E-state index is 11.9. The number of thioether (sulfide) groups is 1. The molecule has 0 amide bonds.